The zero-order chi connectivity index (χ0) is 17.7. The van der Waals surface area contributed by atoms with Crippen LogP contribution < -0.4 is 14.8 Å². The van der Waals surface area contributed by atoms with E-state index in [4.69, 9.17) is 21.1 Å². The molecule has 1 unspecified atom stereocenters. The SMILES string of the molecule is COc1ccc(C(C)=O)c(OC(C)C(=O)Nc2ccc(Cl)cc2)c1. The lowest BCUT2D eigenvalue weighted by molar-refractivity contribution is -0.122. The Bertz CT molecular complexity index is 743. The van der Waals surface area contributed by atoms with Gasteiger partial charge in [-0.05, 0) is 50.2 Å². The number of halogens is 1. The number of carbonyl (C=O) groups excluding carboxylic acids is 2. The molecule has 1 atom stereocenters. The zero-order valence-electron chi connectivity index (χ0n) is 13.6. The molecule has 126 valence electrons. The Morgan fingerprint density at radius 3 is 2.38 bits per heavy atom. The highest BCUT2D eigenvalue weighted by Crippen LogP contribution is 2.26. The molecule has 0 radical (unpaired) electrons. The maximum atomic E-state index is 12.3. The Morgan fingerprint density at radius 2 is 1.79 bits per heavy atom. The lowest BCUT2D eigenvalue weighted by atomic mass is 10.1. The number of hydrogen-bond donors (Lipinski definition) is 1. The van der Waals surface area contributed by atoms with Gasteiger partial charge in [-0.15, -0.1) is 0 Å². The molecule has 0 aromatic heterocycles. The van der Waals surface area contributed by atoms with Gasteiger partial charge in [0.05, 0.1) is 12.7 Å². The van der Waals surface area contributed by atoms with E-state index in [1.165, 1.54) is 14.0 Å². The van der Waals surface area contributed by atoms with Crippen molar-refractivity contribution in [2.24, 2.45) is 0 Å². The normalized spacial score (nSPS) is 11.5. The second kappa shape index (κ2) is 7.84. The van der Waals surface area contributed by atoms with Crippen molar-refractivity contribution >= 4 is 29.0 Å². The number of methoxy groups -OCH3 is 1. The van der Waals surface area contributed by atoms with Gasteiger partial charge in [0.25, 0.3) is 5.91 Å². The van der Waals surface area contributed by atoms with Crippen molar-refractivity contribution in [1.29, 1.82) is 0 Å². The number of amides is 1. The molecular formula is C18H18ClNO4. The molecule has 6 heteroatoms. The number of anilines is 1. The van der Waals surface area contributed by atoms with Gasteiger partial charge in [-0.3, -0.25) is 9.59 Å². The Hall–Kier alpha value is -2.53. The summed E-state index contributed by atoms with van der Waals surface area (Å²) >= 11 is 5.81. The number of rotatable bonds is 6. The molecule has 2 aromatic carbocycles. The van der Waals surface area contributed by atoms with Crippen molar-refractivity contribution in [2.75, 3.05) is 12.4 Å². The third-order valence-corrected chi connectivity index (χ3v) is 3.60. The maximum absolute atomic E-state index is 12.3. The zero-order valence-corrected chi connectivity index (χ0v) is 14.4. The van der Waals surface area contributed by atoms with Gasteiger partial charge in [0.1, 0.15) is 11.5 Å². The van der Waals surface area contributed by atoms with E-state index in [0.29, 0.717) is 27.8 Å². The van der Waals surface area contributed by atoms with E-state index in [9.17, 15) is 9.59 Å². The van der Waals surface area contributed by atoms with Crippen LogP contribution >= 0.6 is 11.6 Å². The van der Waals surface area contributed by atoms with Crippen molar-refractivity contribution in [3.63, 3.8) is 0 Å². The van der Waals surface area contributed by atoms with Gasteiger partial charge in [-0.2, -0.15) is 0 Å². The fraction of sp³-hybridized carbons (Fsp3) is 0.222. The second-order valence-electron chi connectivity index (χ2n) is 5.17. The Balaban J connectivity index is 2.13. The van der Waals surface area contributed by atoms with Crippen LogP contribution in [0.25, 0.3) is 0 Å². The number of ether oxygens (including phenoxy) is 2. The molecule has 2 rings (SSSR count). The molecule has 0 bridgehead atoms. The molecule has 5 nitrogen and oxygen atoms in total. The topological polar surface area (TPSA) is 64.6 Å². The number of Topliss-reactive ketones (excluding diaryl/α,β-unsaturated/α-hetero) is 1. The molecule has 0 heterocycles. The molecule has 0 aliphatic carbocycles. The number of ketones is 1. The molecule has 0 fully saturated rings. The van der Waals surface area contributed by atoms with Crippen molar-refractivity contribution in [1.82, 2.24) is 0 Å². The maximum Gasteiger partial charge on any atom is 0.265 e. The summed E-state index contributed by atoms with van der Waals surface area (Å²) in [5.74, 6) is 0.355. The van der Waals surface area contributed by atoms with Crippen LogP contribution in [0.5, 0.6) is 11.5 Å². The van der Waals surface area contributed by atoms with E-state index in [1.54, 1.807) is 49.4 Å². The van der Waals surface area contributed by atoms with Gasteiger partial charge in [-0.25, -0.2) is 0 Å². The molecule has 1 amide bonds. The third-order valence-electron chi connectivity index (χ3n) is 3.35. The lowest BCUT2D eigenvalue weighted by Gasteiger charge is -2.17. The van der Waals surface area contributed by atoms with Gasteiger partial charge in [0.2, 0.25) is 0 Å². The van der Waals surface area contributed by atoms with Crippen LogP contribution in [0, 0.1) is 0 Å². The molecule has 0 spiro atoms. The average molecular weight is 348 g/mol. The molecular weight excluding hydrogens is 330 g/mol. The molecule has 0 saturated heterocycles. The average Bonchev–Trinajstić information content (AvgIpc) is 2.56. The quantitative estimate of drug-likeness (QED) is 0.803. The lowest BCUT2D eigenvalue weighted by Crippen LogP contribution is -2.30. The van der Waals surface area contributed by atoms with Crippen LogP contribution in [-0.2, 0) is 4.79 Å². The van der Waals surface area contributed by atoms with Crippen molar-refractivity contribution < 1.29 is 19.1 Å². The van der Waals surface area contributed by atoms with Crippen LogP contribution in [0.1, 0.15) is 24.2 Å². The molecule has 0 aliphatic heterocycles. The van der Waals surface area contributed by atoms with Crippen LogP contribution in [0.15, 0.2) is 42.5 Å². The number of benzene rings is 2. The standard InChI is InChI=1S/C18H18ClNO4/c1-11(21)16-9-8-15(23-3)10-17(16)24-12(2)18(22)20-14-6-4-13(19)5-7-14/h4-10,12H,1-3H3,(H,20,22). The fourth-order valence-corrected chi connectivity index (χ4v) is 2.17. The van der Waals surface area contributed by atoms with Crippen LogP contribution in [0.2, 0.25) is 5.02 Å². The van der Waals surface area contributed by atoms with Crippen molar-refractivity contribution in [2.45, 2.75) is 20.0 Å². The summed E-state index contributed by atoms with van der Waals surface area (Å²) in [6.45, 7) is 3.04. The van der Waals surface area contributed by atoms with Gasteiger partial charge in [0, 0.05) is 16.8 Å². The largest absolute Gasteiger partial charge is 0.497 e. The second-order valence-corrected chi connectivity index (χ2v) is 5.61. The number of carbonyl (C=O) groups is 2. The van der Waals surface area contributed by atoms with Crippen molar-refractivity contribution in [3.05, 3.63) is 53.1 Å². The van der Waals surface area contributed by atoms with Gasteiger partial charge < -0.3 is 14.8 Å². The highest BCUT2D eigenvalue weighted by atomic mass is 35.5. The Morgan fingerprint density at radius 1 is 1.12 bits per heavy atom. The fourth-order valence-electron chi connectivity index (χ4n) is 2.04. The van der Waals surface area contributed by atoms with Crippen molar-refractivity contribution in [3.8, 4) is 11.5 Å². The first kappa shape index (κ1) is 17.8. The predicted molar refractivity (Wildman–Crippen MR) is 93.2 cm³/mol. The van der Waals surface area contributed by atoms with Gasteiger partial charge >= 0.3 is 0 Å². The van der Waals surface area contributed by atoms with E-state index in [0.717, 1.165) is 0 Å². The summed E-state index contributed by atoms with van der Waals surface area (Å²) in [4.78, 5) is 24.0. The summed E-state index contributed by atoms with van der Waals surface area (Å²) in [5.41, 5.74) is 0.999. The molecule has 24 heavy (non-hydrogen) atoms. The minimum Gasteiger partial charge on any atom is -0.497 e. The smallest absolute Gasteiger partial charge is 0.265 e. The minimum atomic E-state index is -0.800. The first-order valence-electron chi connectivity index (χ1n) is 7.32. The molecule has 0 saturated carbocycles. The van der Waals surface area contributed by atoms with E-state index in [2.05, 4.69) is 5.32 Å². The monoisotopic (exact) mass is 347 g/mol. The third kappa shape index (κ3) is 4.49. The van der Waals surface area contributed by atoms with E-state index in [-0.39, 0.29) is 11.7 Å². The Labute approximate surface area is 145 Å². The van der Waals surface area contributed by atoms with E-state index >= 15 is 0 Å². The molecule has 2 aromatic rings. The number of hydrogen-bond acceptors (Lipinski definition) is 4. The van der Waals surface area contributed by atoms with Gasteiger partial charge in [0.15, 0.2) is 11.9 Å². The summed E-state index contributed by atoms with van der Waals surface area (Å²) in [6.07, 6.45) is -0.800. The summed E-state index contributed by atoms with van der Waals surface area (Å²) in [5, 5.41) is 3.31. The van der Waals surface area contributed by atoms with Gasteiger partial charge in [-0.1, -0.05) is 11.6 Å². The molecule has 1 N–H and O–H groups in total. The summed E-state index contributed by atoms with van der Waals surface area (Å²) in [6, 6.07) is 11.6. The highest BCUT2D eigenvalue weighted by molar-refractivity contribution is 6.30. The van der Waals surface area contributed by atoms with Crippen LogP contribution in [0.4, 0.5) is 5.69 Å². The van der Waals surface area contributed by atoms with Crippen LogP contribution in [0.3, 0.4) is 0 Å². The highest BCUT2D eigenvalue weighted by Gasteiger charge is 2.18. The summed E-state index contributed by atoms with van der Waals surface area (Å²) in [7, 11) is 1.52. The Kier molecular flexibility index (Phi) is 5.82. The summed E-state index contributed by atoms with van der Waals surface area (Å²) < 4.78 is 10.8. The van der Waals surface area contributed by atoms with Crippen LogP contribution in [-0.4, -0.2) is 24.9 Å². The number of nitrogens with one attached hydrogen (secondary N) is 1. The first-order chi connectivity index (χ1) is 11.4. The first-order valence-corrected chi connectivity index (χ1v) is 7.70. The molecule has 0 aliphatic rings. The van der Waals surface area contributed by atoms with E-state index in [1.807, 2.05) is 0 Å². The van der Waals surface area contributed by atoms with E-state index < -0.39 is 6.10 Å². The predicted octanol–water partition coefficient (Wildman–Crippen LogP) is 3.96. The minimum absolute atomic E-state index is 0.155.